The van der Waals surface area contributed by atoms with Crippen LogP contribution in [0.25, 0.3) is 0 Å². The minimum absolute atomic E-state index is 0.0248. The van der Waals surface area contributed by atoms with Gasteiger partial charge in [0.1, 0.15) is 0 Å². The molecule has 1 heterocycles. The molecule has 0 radical (unpaired) electrons. The Morgan fingerprint density at radius 2 is 2.00 bits per heavy atom. The number of hydrogen-bond donors (Lipinski definition) is 1. The summed E-state index contributed by atoms with van der Waals surface area (Å²) in [6, 6.07) is 0. The maximum atomic E-state index is 13.0. The van der Waals surface area contributed by atoms with Gasteiger partial charge in [-0.15, -0.1) is 0 Å². The summed E-state index contributed by atoms with van der Waals surface area (Å²) in [5.74, 6) is -2.39. The van der Waals surface area contributed by atoms with Crippen LogP contribution in [0.2, 0.25) is 0 Å². The van der Waals surface area contributed by atoms with E-state index in [4.69, 9.17) is 9.84 Å². The number of amides is 1. The smallest absolute Gasteiger partial charge is 0.406 e. The van der Waals surface area contributed by atoms with Gasteiger partial charge in [0.05, 0.1) is 6.10 Å². The molecule has 1 fully saturated rings. The quantitative estimate of drug-likeness (QED) is 0.763. The Hall–Kier alpha value is -1.31. The summed E-state index contributed by atoms with van der Waals surface area (Å²) in [6.45, 7) is 3.03. The number of nitrogens with zero attached hydrogens (tertiary/aromatic N) is 1. The summed E-state index contributed by atoms with van der Waals surface area (Å²) < 4.78 is 44.1. The molecule has 0 aromatic heterocycles. The molecule has 21 heavy (non-hydrogen) atoms. The van der Waals surface area contributed by atoms with Gasteiger partial charge in [-0.1, -0.05) is 0 Å². The fourth-order valence-corrected chi connectivity index (χ4v) is 2.25. The number of halogens is 3. The molecule has 1 aliphatic heterocycles. The van der Waals surface area contributed by atoms with Gasteiger partial charge in [0.15, 0.2) is 5.41 Å². The zero-order valence-electron chi connectivity index (χ0n) is 12.1. The Morgan fingerprint density at radius 1 is 1.38 bits per heavy atom. The van der Waals surface area contributed by atoms with Gasteiger partial charge in [0, 0.05) is 26.1 Å². The molecule has 122 valence electrons. The zero-order chi connectivity index (χ0) is 16.3. The fourth-order valence-electron chi connectivity index (χ4n) is 2.25. The van der Waals surface area contributed by atoms with E-state index in [9.17, 15) is 22.8 Å². The predicted molar refractivity (Wildman–Crippen MR) is 67.6 cm³/mol. The summed E-state index contributed by atoms with van der Waals surface area (Å²) in [4.78, 5) is 23.8. The molecule has 5 nitrogen and oxygen atoms in total. The van der Waals surface area contributed by atoms with E-state index in [0.29, 0.717) is 13.0 Å². The first-order valence-corrected chi connectivity index (χ1v) is 6.79. The number of carboxylic acids is 1. The standard InChI is InChI=1S/C13H20F3NO4/c1-9(2)21-7-3-4-10(18)17-6-5-12(8-17,11(19)20)13(14,15)16/h9H,3-8H2,1-2H3,(H,19,20). The van der Waals surface area contributed by atoms with Gasteiger partial charge in [0.2, 0.25) is 5.91 Å². The van der Waals surface area contributed by atoms with E-state index in [1.165, 1.54) is 0 Å². The molecule has 1 rings (SSSR count). The topological polar surface area (TPSA) is 66.8 Å². The lowest BCUT2D eigenvalue weighted by Gasteiger charge is -2.27. The molecule has 0 aromatic carbocycles. The second-order valence-electron chi connectivity index (χ2n) is 5.47. The molecule has 1 saturated heterocycles. The molecular formula is C13H20F3NO4. The van der Waals surface area contributed by atoms with Gasteiger partial charge in [0.25, 0.3) is 0 Å². The Kier molecular flexibility index (Phi) is 5.61. The number of hydrogen-bond acceptors (Lipinski definition) is 3. The highest BCUT2D eigenvalue weighted by atomic mass is 19.4. The minimum atomic E-state index is -4.87. The lowest BCUT2D eigenvalue weighted by Crippen LogP contribution is -2.47. The van der Waals surface area contributed by atoms with Gasteiger partial charge in [-0.25, -0.2) is 0 Å². The average Bonchev–Trinajstić information content (AvgIpc) is 2.80. The molecule has 0 spiro atoms. The predicted octanol–water partition coefficient (Wildman–Crippen LogP) is 2.06. The van der Waals surface area contributed by atoms with Crippen LogP contribution in [0.4, 0.5) is 13.2 Å². The number of ether oxygens (including phenoxy) is 1. The van der Waals surface area contributed by atoms with Crippen molar-refractivity contribution in [3.8, 4) is 0 Å². The number of aliphatic carboxylic acids is 1. The van der Waals surface area contributed by atoms with Crippen molar-refractivity contribution in [2.24, 2.45) is 5.41 Å². The Labute approximate surface area is 121 Å². The SMILES string of the molecule is CC(C)OCCCC(=O)N1CCC(C(=O)O)(C(F)(F)F)C1. The number of carboxylic acid groups (broad SMARTS) is 1. The number of rotatable bonds is 6. The van der Waals surface area contributed by atoms with Crippen molar-refractivity contribution < 1.29 is 32.6 Å². The van der Waals surface area contributed by atoms with Crippen molar-refractivity contribution >= 4 is 11.9 Å². The van der Waals surface area contributed by atoms with Gasteiger partial charge in [-0.05, 0) is 26.7 Å². The van der Waals surface area contributed by atoms with E-state index in [-0.39, 0.29) is 19.1 Å². The van der Waals surface area contributed by atoms with Crippen LogP contribution < -0.4 is 0 Å². The molecule has 8 heteroatoms. The van der Waals surface area contributed by atoms with Crippen LogP contribution in [-0.2, 0) is 14.3 Å². The van der Waals surface area contributed by atoms with Crippen LogP contribution in [0.1, 0.15) is 33.1 Å². The minimum Gasteiger partial charge on any atom is -0.481 e. The number of carbonyl (C=O) groups excluding carboxylic acids is 1. The second kappa shape index (κ2) is 6.64. The average molecular weight is 311 g/mol. The molecular weight excluding hydrogens is 291 g/mol. The van der Waals surface area contributed by atoms with Gasteiger partial charge in [-0.2, -0.15) is 13.2 Å². The van der Waals surface area contributed by atoms with Crippen LogP contribution >= 0.6 is 0 Å². The highest BCUT2D eigenvalue weighted by molar-refractivity contribution is 5.81. The maximum Gasteiger partial charge on any atom is 0.406 e. The van der Waals surface area contributed by atoms with Crippen molar-refractivity contribution in [1.82, 2.24) is 4.90 Å². The van der Waals surface area contributed by atoms with Crippen molar-refractivity contribution in [3.63, 3.8) is 0 Å². The zero-order valence-corrected chi connectivity index (χ0v) is 12.1. The molecule has 1 unspecified atom stereocenters. The van der Waals surface area contributed by atoms with Crippen LogP contribution in [0.15, 0.2) is 0 Å². The molecule has 0 aromatic rings. The van der Waals surface area contributed by atoms with E-state index in [1.807, 2.05) is 13.8 Å². The normalized spacial score (nSPS) is 22.9. The first-order chi connectivity index (χ1) is 9.60. The number of alkyl halides is 3. The summed E-state index contributed by atoms with van der Waals surface area (Å²) in [6.07, 6.45) is -4.98. The van der Waals surface area contributed by atoms with Gasteiger partial charge < -0.3 is 14.7 Å². The molecule has 1 aliphatic rings. The largest absolute Gasteiger partial charge is 0.481 e. The Balaban J connectivity index is 2.56. The van der Waals surface area contributed by atoms with E-state index in [2.05, 4.69) is 0 Å². The third-order valence-corrected chi connectivity index (χ3v) is 3.56. The van der Waals surface area contributed by atoms with Crippen molar-refractivity contribution in [2.75, 3.05) is 19.7 Å². The van der Waals surface area contributed by atoms with Crippen LogP contribution in [0.5, 0.6) is 0 Å². The molecule has 0 aliphatic carbocycles. The molecule has 1 N–H and O–H groups in total. The summed E-state index contributed by atoms with van der Waals surface area (Å²) in [5.41, 5.74) is -2.84. The van der Waals surface area contributed by atoms with E-state index in [1.54, 1.807) is 0 Å². The van der Waals surface area contributed by atoms with Crippen molar-refractivity contribution in [2.45, 2.75) is 45.4 Å². The number of likely N-dealkylation sites (tertiary alicyclic amines) is 1. The van der Waals surface area contributed by atoms with E-state index < -0.39 is 36.4 Å². The second-order valence-corrected chi connectivity index (χ2v) is 5.47. The fraction of sp³-hybridized carbons (Fsp3) is 0.846. The third kappa shape index (κ3) is 4.09. The molecule has 0 bridgehead atoms. The van der Waals surface area contributed by atoms with Crippen molar-refractivity contribution in [3.05, 3.63) is 0 Å². The highest BCUT2D eigenvalue weighted by Crippen LogP contribution is 2.45. The first kappa shape index (κ1) is 17.7. The van der Waals surface area contributed by atoms with Gasteiger partial charge >= 0.3 is 12.1 Å². The van der Waals surface area contributed by atoms with E-state index >= 15 is 0 Å². The summed E-state index contributed by atoms with van der Waals surface area (Å²) in [7, 11) is 0. The van der Waals surface area contributed by atoms with Crippen LogP contribution in [-0.4, -0.2) is 53.9 Å². The summed E-state index contributed by atoms with van der Waals surface area (Å²) in [5, 5.41) is 8.90. The summed E-state index contributed by atoms with van der Waals surface area (Å²) >= 11 is 0. The molecule has 1 atom stereocenters. The first-order valence-electron chi connectivity index (χ1n) is 6.79. The Morgan fingerprint density at radius 3 is 2.43 bits per heavy atom. The monoisotopic (exact) mass is 311 g/mol. The lowest BCUT2D eigenvalue weighted by atomic mass is 9.86. The molecule has 1 amide bonds. The lowest BCUT2D eigenvalue weighted by molar-refractivity contribution is -0.227. The van der Waals surface area contributed by atoms with Gasteiger partial charge in [-0.3, -0.25) is 9.59 Å². The number of carbonyl (C=O) groups is 2. The Bertz CT molecular complexity index is 397. The van der Waals surface area contributed by atoms with E-state index in [0.717, 1.165) is 4.90 Å². The third-order valence-electron chi connectivity index (χ3n) is 3.56. The van der Waals surface area contributed by atoms with Crippen LogP contribution in [0, 0.1) is 5.41 Å². The maximum absolute atomic E-state index is 13.0. The molecule has 0 saturated carbocycles. The van der Waals surface area contributed by atoms with Crippen LogP contribution in [0.3, 0.4) is 0 Å². The van der Waals surface area contributed by atoms with Crippen molar-refractivity contribution in [1.29, 1.82) is 0 Å². The highest BCUT2D eigenvalue weighted by Gasteiger charge is 2.64.